The molecule has 0 spiro atoms. The van der Waals surface area contributed by atoms with Crippen LogP contribution < -0.4 is 9.64 Å². The van der Waals surface area contributed by atoms with Crippen LogP contribution in [0.25, 0.3) is 0 Å². The highest BCUT2D eigenvalue weighted by Crippen LogP contribution is 2.43. The van der Waals surface area contributed by atoms with Crippen LogP contribution in [0.2, 0.25) is 5.02 Å². The number of nitrogens with zero attached hydrogens (tertiary/aromatic N) is 1. The van der Waals surface area contributed by atoms with Gasteiger partial charge in [-0.05, 0) is 31.7 Å². The number of rotatable bonds is 5. The highest BCUT2D eigenvalue weighted by molar-refractivity contribution is 6.31. The predicted molar refractivity (Wildman–Crippen MR) is 86.2 cm³/mol. The molecule has 5 nitrogen and oxygen atoms in total. The Balaban J connectivity index is 1.97. The largest absolute Gasteiger partial charge is 0.490 e. The van der Waals surface area contributed by atoms with Crippen molar-refractivity contribution in [1.29, 1.82) is 5.41 Å². The lowest BCUT2D eigenvalue weighted by molar-refractivity contribution is 0.189. The first-order chi connectivity index (χ1) is 10.6. The number of aliphatic hydroxyl groups excluding tert-OH is 1. The van der Waals surface area contributed by atoms with Crippen molar-refractivity contribution < 1.29 is 14.6 Å². The van der Waals surface area contributed by atoms with E-state index in [0.717, 1.165) is 24.7 Å². The standard InChI is InChI=1S/C16H21ClN2O3/c1-2-21-16(18)15(20)12-7-11(17)8-13-14(12)19(5-6-22-13)9-10-3-4-10/h7-8,10,15,18,20H,2-6,9H2,1H3. The fraction of sp³-hybridized carbons (Fsp3) is 0.562. The van der Waals surface area contributed by atoms with Crippen molar-refractivity contribution in [2.24, 2.45) is 5.92 Å². The summed E-state index contributed by atoms with van der Waals surface area (Å²) in [7, 11) is 0. The smallest absolute Gasteiger partial charge is 0.215 e. The molecule has 1 heterocycles. The van der Waals surface area contributed by atoms with Crippen LogP contribution in [0.1, 0.15) is 31.4 Å². The molecule has 0 saturated heterocycles. The minimum absolute atomic E-state index is 0.163. The Bertz CT molecular complexity index is 575. The van der Waals surface area contributed by atoms with Crippen LogP contribution in [-0.4, -0.2) is 37.3 Å². The number of hydrogen-bond donors (Lipinski definition) is 2. The predicted octanol–water partition coefficient (Wildman–Crippen LogP) is 3.00. The Hall–Kier alpha value is -1.46. The first-order valence-corrected chi connectivity index (χ1v) is 8.08. The summed E-state index contributed by atoms with van der Waals surface area (Å²) in [5.74, 6) is 1.24. The van der Waals surface area contributed by atoms with Crippen LogP contribution in [-0.2, 0) is 4.74 Å². The Morgan fingerprint density at radius 1 is 1.55 bits per heavy atom. The van der Waals surface area contributed by atoms with Crippen LogP contribution in [0.4, 0.5) is 5.69 Å². The van der Waals surface area contributed by atoms with Crippen molar-refractivity contribution in [3.63, 3.8) is 0 Å². The number of nitrogens with one attached hydrogen (secondary N) is 1. The van der Waals surface area contributed by atoms with E-state index in [9.17, 15) is 5.11 Å². The van der Waals surface area contributed by atoms with Gasteiger partial charge in [0.1, 0.15) is 12.4 Å². The van der Waals surface area contributed by atoms with E-state index in [1.165, 1.54) is 12.8 Å². The maximum absolute atomic E-state index is 10.5. The Kier molecular flexibility index (Phi) is 4.45. The number of benzene rings is 1. The fourth-order valence-electron chi connectivity index (χ4n) is 2.80. The van der Waals surface area contributed by atoms with Crippen LogP contribution in [0.3, 0.4) is 0 Å². The summed E-state index contributed by atoms with van der Waals surface area (Å²) in [6.07, 6.45) is 1.38. The quantitative estimate of drug-likeness (QED) is 0.645. The number of halogens is 1. The maximum atomic E-state index is 10.5. The molecular weight excluding hydrogens is 304 g/mol. The van der Waals surface area contributed by atoms with E-state index in [1.54, 1.807) is 19.1 Å². The molecule has 1 fully saturated rings. The molecule has 6 heteroatoms. The summed E-state index contributed by atoms with van der Waals surface area (Å²) in [4.78, 5) is 2.24. The zero-order chi connectivity index (χ0) is 15.7. The van der Waals surface area contributed by atoms with Gasteiger partial charge in [0.15, 0.2) is 6.10 Å². The average molecular weight is 325 g/mol. The van der Waals surface area contributed by atoms with Crippen molar-refractivity contribution in [2.75, 3.05) is 31.2 Å². The number of anilines is 1. The highest BCUT2D eigenvalue weighted by Gasteiger charge is 2.32. The van der Waals surface area contributed by atoms with Gasteiger partial charge in [-0.15, -0.1) is 0 Å². The number of ether oxygens (including phenoxy) is 2. The zero-order valence-corrected chi connectivity index (χ0v) is 13.4. The lowest BCUT2D eigenvalue weighted by atomic mass is 10.0. The highest BCUT2D eigenvalue weighted by atomic mass is 35.5. The first-order valence-electron chi connectivity index (χ1n) is 7.70. The number of aliphatic hydroxyl groups is 1. The fourth-order valence-corrected chi connectivity index (χ4v) is 3.02. The Morgan fingerprint density at radius 3 is 3.00 bits per heavy atom. The second kappa shape index (κ2) is 6.34. The van der Waals surface area contributed by atoms with E-state index in [4.69, 9.17) is 26.5 Å². The topological polar surface area (TPSA) is 65.8 Å². The summed E-state index contributed by atoms with van der Waals surface area (Å²) in [6, 6.07) is 3.48. The van der Waals surface area contributed by atoms with E-state index in [2.05, 4.69) is 4.90 Å². The normalized spacial score (nSPS) is 18.4. The molecule has 1 aromatic carbocycles. The molecule has 1 aromatic rings. The summed E-state index contributed by atoms with van der Waals surface area (Å²) < 4.78 is 10.9. The molecule has 2 aliphatic rings. The van der Waals surface area contributed by atoms with Crippen LogP contribution in [0, 0.1) is 11.3 Å². The van der Waals surface area contributed by atoms with Crippen LogP contribution >= 0.6 is 11.6 Å². The number of fused-ring (bicyclic) bond motifs is 1. The van der Waals surface area contributed by atoms with Gasteiger partial charge in [0.05, 0.1) is 18.8 Å². The van der Waals surface area contributed by atoms with E-state index in [0.29, 0.717) is 29.5 Å². The minimum atomic E-state index is -1.13. The molecule has 1 atom stereocenters. The maximum Gasteiger partial charge on any atom is 0.215 e. The summed E-state index contributed by atoms with van der Waals surface area (Å²) in [6.45, 7) is 4.49. The summed E-state index contributed by atoms with van der Waals surface area (Å²) >= 11 is 6.15. The molecule has 0 aromatic heterocycles. The molecule has 2 N–H and O–H groups in total. The van der Waals surface area contributed by atoms with Gasteiger partial charge in [-0.25, -0.2) is 0 Å². The van der Waals surface area contributed by atoms with Crippen molar-refractivity contribution in [1.82, 2.24) is 0 Å². The summed E-state index contributed by atoms with van der Waals surface area (Å²) in [5, 5.41) is 18.8. The van der Waals surface area contributed by atoms with Crippen molar-refractivity contribution in [3.8, 4) is 5.75 Å². The van der Waals surface area contributed by atoms with Gasteiger partial charge in [0.2, 0.25) is 5.90 Å². The third kappa shape index (κ3) is 3.15. The second-order valence-electron chi connectivity index (χ2n) is 5.78. The average Bonchev–Trinajstić information content (AvgIpc) is 3.30. The Labute approximate surface area is 135 Å². The molecule has 1 aliphatic carbocycles. The van der Waals surface area contributed by atoms with Gasteiger partial charge < -0.3 is 19.5 Å². The molecular formula is C16H21ClN2O3. The molecule has 3 rings (SSSR count). The van der Waals surface area contributed by atoms with Gasteiger partial charge in [0, 0.05) is 23.2 Å². The lowest BCUT2D eigenvalue weighted by Gasteiger charge is -2.34. The number of hydrogen-bond acceptors (Lipinski definition) is 5. The van der Waals surface area contributed by atoms with Gasteiger partial charge in [0.25, 0.3) is 0 Å². The minimum Gasteiger partial charge on any atom is -0.490 e. The van der Waals surface area contributed by atoms with Gasteiger partial charge in [-0.1, -0.05) is 11.6 Å². The molecule has 22 heavy (non-hydrogen) atoms. The van der Waals surface area contributed by atoms with Crippen molar-refractivity contribution in [3.05, 3.63) is 22.7 Å². The second-order valence-corrected chi connectivity index (χ2v) is 6.22. The molecule has 0 radical (unpaired) electrons. The third-order valence-electron chi connectivity index (χ3n) is 4.02. The Morgan fingerprint density at radius 2 is 2.32 bits per heavy atom. The van der Waals surface area contributed by atoms with Gasteiger partial charge in [-0.2, -0.15) is 0 Å². The van der Waals surface area contributed by atoms with Gasteiger partial charge >= 0.3 is 0 Å². The first kappa shape index (κ1) is 15.4. The monoisotopic (exact) mass is 324 g/mol. The van der Waals surface area contributed by atoms with Crippen LogP contribution in [0.15, 0.2) is 12.1 Å². The lowest BCUT2D eigenvalue weighted by Crippen LogP contribution is -2.36. The molecule has 0 amide bonds. The van der Waals surface area contributed by atoms with Crippen molar-refractivity contribution in [2.45, 2.75) is 25.9 Å². The van der Waals surface area contributed by atoms with E-state index in [-0.39, 0.29) is 5.90 Å². The molecule has 1 saturated carbocycles. The van der Waals surface area contributed by atoms with E-state index in [1.807, 2.05) is 0 Å². The zero-order valence-electron chi connectivity index (χ0n) is 12.6. The van der Waals surface area contributed by atoms with Crippen LogP contribution in [0.5, 0.6) is 5.75 Å². The molecule has 120 valence electrons. The molecule has 1 aliphatic heterocycles. The third-order valence-corrected chi connectivity index (χ3v) is 4.24. The SMILES string of the molecule is CCOC(=N)C(O)c1cc(Cl)cc2c1N(CC1CC1)CCO2. The van der Waals surface area contributed by atoms with E-state index >= 15 is 0 Å². The summed E-state index contributed by atoms with van der Waals surface area (Å²) in [5.41, 5.74) is 1.43. The van der Waals surface area contributed by atoms with Crippen molar-refractivity contribution >= 4 is 23.2 Å². The molecule has 1 unspecified atom stereocenters. The van der Waals surface area contributed by atoms with E-state index < -0.39 is 6.10 Å². The van der Waals surface area contributed by atoms with Gasteiger partial charge in [-0.3, -0.25) is 5.41 Å². The molecule has 0 bridgehead atoms.